The number of aromatic nitrogens is 3. The lowest BCUT2D eigenvalue weighted by Gasteiger charge is -2.17. The van der Waals surface area contributed by atoms with Gasteiger partial charge in [-0.2, -0.15) is 18.3 Å². The van der Waals surface area contributed by atoms with Crippen LogP contribution in [0.5, 0.6) is 0 Å². The van der Waals surface area contributed by atoms with E-state index in [0.29, 0.717) is 34.9 Å². The minimum atomic E-state index is -4.43. The third kappa shape index (κ3) is 6.41. The molecule has 0 spiro atoms. The van der Waals surface area contributed by atoms with Gasteiger partial charge in [0, 0.05) is 54.7 Å². The Hall–Kier alpha value is -4.34. The fraction of sp³-hybridized carbons (Fsp3) is 0.192. The van der Waals surface area contributed by atoms with Gasteiger partial charge in [-0.1, -0.05) is 19.7 Å². The van der Waals surface area contributed by atoms with E-state index in [1.807, 2.05) is 25.2 Å². The molecule has 3 rings (SSSR count). The number of benzene rings is 1. The molecule has 1 aromatic carbocycles. The van der Waals surface area contributed by atoms with E-state index < -0.39 is 11.7 Å². The molecule has 0 aliphatic rings. The molecule has 2 heterocycles. The van der Waals surface area contributed by atoms with Crippen LogP contribution in [0.1, 0.15) is 11.1 Å². The highest BCUT2D eigenvalue weighted by Gasteiger charge is 2.30. The first-order valence-corrected chi connectivity index (χ1v) is 10.9. The van der Waals surface area contributed by atoms with Crippen molar-refractivity contribution in [2.45, 2.75) is 12.7 Å². The molecule has 10 heteroatoms. The molecule has 0 saturated carbocycles. The van der Waals surface area contributed by atoms with E-state index in [-0.39, 0.29) is 12.3 Å². The van der Waals surface area contributed by atoms with Crippen molar-refractivity contribution in [2.75, 3.05) is 26.0 Å². The monoisotopic (exact) mass is 495 g/mol. The van der Waals surface area contributed by atoms with E-state index >= 15 is 0 Å². The number of likely N-dealkylation sites (N-methyl/N-ethyl adjacent to an activating group) is 1. The number of nitrogens with zero attached hydrogens (tertiary/aromatic N) is 4. The standard InChI is InChI=1S/C26H28F3N7/c1-6-17(2)32-14-23(30)24-22(19-13-33-36(16-19)15-18(3)35(4)5)11-12-31-25(24)34-21-9-7-20(8-10-21)26(27,28)29/h6-13,16,30,32H,1-3,14-15H2,4-5H3,(H,31,34). The minimum Gasteiger partial charge on any atom is -0.380 e. The second-order valence-corrected chi connectivity index (χ2v) is 8.23. The van der Waals surface area contributed by atoms with E-state index in [1.165, 1.54) is 12.1 Å². The number of alkyl halides is 3. The summed E-state index contributed by atoms with van der Waals surface area (Å²) in [4.78, 5) is 6.29. The number of pyridine rings is 1. The lowest BCUT2D eigenvalue weighted by Crippen LogP contribution is -2.23. The van der Waals surface area contributed by atoms with Crippen LogP contribution in [0, 0.1) is 5.41 Å². The molecular formula is C26H28F3N7. The van der Waals surface area contributed by atoms with E-state index in [1.54, 1.807) is 29.2 Å². The molecule has 2 aromatic heterocycles. The third-order valence-electron chi connectivity index (χ3n) is 5.39. The Bertz CT molecular complexity index is 1270. The molecule has 36 heavy (non-hydrogen) atoms. The predicted octanol–water partition coefficient (Wildman–Crippen LogP) is 5.44. The van der Waals surface area contributed by atoms with Gasteiger partial charge in [0.25, 0.3) is 0 Å². The molecule has 0 amide bonds. The molecule has 0 saturated heterocycles. The van der Waals surface area contributed by atoms with Crippen LogP contribution in [0.3, 0.4) is 0 Å². The van der Waals surface area contributed by atoms with Gasteiger partial charge in [-0.3, -0.25) is 4.68 Å². The number of anilines is 2. The van der Waals surface area contributed by atoms with Gasteiger partial charge in [-0.05, 0) is 42.0 Å². The van der Waals surface area contributed by atoms with Crippen LogP contribution in [0.15, 0.2) is 86.1 Å². The van der Waals surface area contributed by atoms with Crippen molar-refractivity contribution in [2.24, 2.45) is 0 Å². The molecule has 0 aliphatic carbocycles. The van der Waals surface area contributed by atoms with Crippen molar-refractivity contribution in [3.8, 4) is 11.1 Å². The fourth-order valence-corrected chi connectivity index (χ4v) is 3.26. The zero-order valence-corrected chi connectivity index (χ0v) is 20.2. The molecule has 0 fully saturated rings. The summed E-state index contributed by atoms with van der Waals surface area (Å²) in [6.45, 7) is 12.1. The first kappa shape index (κ1) is 26.3. The molecule has 0 radical (unpaired) electrons. The van der Waals surface area contributed by atoms with Crippen LogP contribution < -0.4 is 10.6 Å². The van der Waals surface area contributed by atoms with E-state index in [2.05, 4.69) is 40.5 Å². The summed E-state index contributed by atoms with van der Waals surface area (Å²) in [7, 11) is 3.80. The van der Waals surface area contributed by atoms with Crippen LogP contribution in [-0.2, 0) is 12.7 Å². The predicted molar refractivity (Wildman–Crippen MR) is 137 cm³/mol. The Morgan fingerprint density at radius 1 is 1.17 bits per heavy atom. The summed E-state index contributed by atoms with van der Waals surface area (Å²) < 4.78 is 40.6. The minimum absolute atomic E-state index is 0.136. The maximum absolute atomic E-state index is 13.0. The van der Waals surface area contributed by atoms with Crippen molar-refractivity contribution < 1.29 is 13.2 Å². The molecule has 0 atom stereocenters. The highest BCUT2D eigenvalue weighted by molar-refractivity contribution is 6.09. The summed E-state index contributed by atoms with van der Waals surface area (Å²) in [5.74, 6) is 0.328. The lowest BCUT2D eigenvalue weighted by molar-refractivity contribution is -0.137. The Morgan fingerprint density at radius 2 is 1.86 bits per heavy atom. The van der Waals surface area contributed by atoms with Crippen molar-refractivity contribution in [1.82, 2.24) is 25.0 Å². The van der Waals surface area contributed by atoms with E-state index in [4.69, 9.17) is 5.41 Å². The summed E-state index contributed by atoms with van der Waals surface area (Å²) in [5, 5.41) is 19.3. The fourth-order valence-electron chi connectivity index (χ4n) is 3.26. The topological polar surface area (TPSA) is 81.9 Å². The Labute approximate surface area is 208 Å². The third-order valence-corrected chi connectivity index (χ3v) is 5.39. The Balaban J connectivity index is 1.99. The highest BCUT2D eigenvalue weighted by Crippen LogP contribution is 2.32. The van der Waals surface area contributed by atoms with Crippen molar-refractivity contribution >= 4 is 17.2 Å². The average molecular weight is 496 g/mol. The number of nitrogens with one attached hydrogen (secondary N) is 3. The zero-order chi connectivity index (χ0) is 26.5. The average Bonchev–Trinajstić information content (AvgIpc) is 3.30. The number of rotatable bonds is 11. The molecule has 3 aromatic rings. The van der Waals surface area contributed by atoms with Gasteiger partial charge in [0.2, 0.25) is 0 Å². The van der Waals surface area contributed by atoms with Gasteiger partial charge in [0.15, 0.2) is 0 Å². The molecule has 7 nitrogen and oxygen atoms in total. The zero-order valence-electron chi connectivity index (χ0n) is 20.2. The van der Waals surface area contributed by atoms with Gasteiger partial charge in [0.1, 0.15) is 5.82 Å². The molecule has 0 aliphatic heterocycles. The van der Waals surface area contributed by atoms with Crippen LogP contribution in [0.2, 0.25) is 0 Å². The van der Waals surface area contributed by atoms with Gasteiger partial charge < -0.3 is 20.9 Å². The first-order chi connectivity index (χ1) is 17.0. The van der Waals surface area contributed by atoms with E-state index in [0.717, 1.165) is 23.4 Å². The summed E-state index contributed by atoms with van der Waals surface area (Å²) in [6.07, 6.45) is 2.22. The summed E-state index contributed by atoms with van der Waals surface area (Å²) in [5.41, 5.74) is 3.19. The number of halogens is 3. The maximum atomic E-state index is 13.0. The smallest absolute Gasteiger partial charge is 0.380 e. The normalized spacial score (nSPS) is 11.0. The Morgan fingerprint density at radius 3 is 2.47 bits per heavy atom. The Kier molecular flexibility index (Phi) is 7.98. The lowest BCUT2D eigenvalue weighted by atomic mass is 9.99. The van der Waals surface area contributed by atoms with Gasteiger partial charge in [-0.25, -0.2) is 4.98 Å². The maximum Gasteiger partial charge on any atom is 0.416 e. The molecule has 3 N–H and O–H groups in total. The molecular weight excluding hydrogens is 467 g/mol. The van der Waals surface area contributed by atoms with Crippen molar-refractivity contribution in [3.63, 3.8) is 0 Å². The second-order valence-electron chi connectivity index (χ2n) is 8.23. The SMILES string of the molecule is C=CC(=C)NCC(=N)c1c(-c2cnn(CC(=C)N(C)C)c2)ccnc1Nc1ccc(C(F)(F)F)cc1. The second kappa shape index (κ2) is 10.9. The number of hydrogen-bond acceptors (Lipinski definition) is 6. The van der Waals surface area contributed by atoms with Crippen molar-refractivity contribution in [1.29, 1.82) is 5.41 Å². The largest absolute Gasteiger partial charge is 0.416 e. The summed E-state index contributed by atoms with van der Waals surface area (Å²) >= 11 is 0. The van der Waals surface area contributed by atoms with Crippen LogP contribution in [0.25, 0.3) is 11.1 Å². The van der Waals surface area contributed by atoms with Crippen LogP contribution >= 0.6 is 0 Å². The van der Waals surface area contributed by atoms with Crippen molar-refractivity contribution in [3.05, 3.63) is 97.3 Å². The van der Waals surface area contributed by atoms with Gasteiger partial charge in [0.05, 0.1) is 30.6 Å². The van der Waals surface area contributed by atoms with Crippen LogP contribution in [-0.4, -0.2) is 46.0 Å². The molecule has 0 bridgehead atoms. The highest BCUT2D eigenvalue weighted by atomic mass is 19.4. The van der Waals surface area contributed by atoms with Crippen LogP contribution in [0.4, 0.5) is 24.7 Å². The number of allylic oxidation sites excluding steroid dienone is 2. The quantitative estimate of drug-likeness (QED) is 0.244. The molecule has 0 unspecified atom stereocenters. The number of hydrogen-bond donors (Lipinski definition) is 3. The van der Waals surface area contributed by atoms with Gasteiger partial charge >= 0.3 is 6.18 Å². The van der Waals surface area contributed by atoms with Gasteiger partial charge in [-0.15, -0.1) is 0 Å². The molecule has 188 valence electrons. The van der Waals surface area contributed by atoms with E-state index in [9.17, 15) is 13.2 Å². The first-order valence-electron chi connectivity index (χ1n) is 10.9. The summed E-state index contributed by atoms with van der Waals surface area (Å²) in [6, 6.07) is 6.41.